The third kappa shape index (κ3) is 16.8. The molecule has 2 aromatic carbocycles. The van der Waals surface area contributed by atoms with Crippen LogP contribution in [0.1, 0.15) is 79.4 Å². The van der Waals surface area contributed by atoms with Crippen molar-refractivity contribution in [1.82, 2.24) is 31.3 Å². The van der Waals surface area contributed by atoms with Crippen molar-refractivity contribution in [2.24, 2.45) is 23.2 Å². The molecule has 4 amide bonds. The van der Waals surface area contributed by atoms with Crippen molar-refractivity contribution in [3.63, 3.8) is 0 Å². The second-order valence-electron chi connectivity index (χ2n) is 16.7. The zero-order valence-corrected chi connectivity index (χ0v) is 35.9. The van der Waals surface area contributed by atoms with E-state index in [0.29, 0.717) is 39.3 Å². The molecule has 1 aliphatic heterocycles. The number of hydrogen-bond acceptors (Lipinski definition) is 10. The topological polar surface area (TPSA) is 168 Å². The first-order valence-corrected chi connectivity index (χ1v) is 20.7. The Morgan fingerprint density at radius 3 is 2.02 bits per heavy atom. The number of hydrogen-bond donors (Lipinski definition) is 4. The second-order valence-corrected chi connectivity index (χ2v) is 16.7. The van der Waals surface area contributed by atoms with Gasteiger partial charge in [0.2, 0.25) is 17.7 Å². The summed E-state index contributed by atoms with van der Waals surface area (Å²) in [5.41, 5.74) is 3.78. The van der Waals surface area contributed by atoms with Crippen LogP contribution in [0.3, 0.4) is 0 Å². The lowest BCUT2D eigenvalue weighted by Gasteiger charge is -2.36. The van der Waals surface area contributed by atoms with E-state index >= 15 is 0 Å². The van der Waals surface area contributed by atoms with Crippen LogP contribution in [-0.4, -0.2) is 110 Å². The van der Waals surface area contributed by atoms with Gasteiger partial charge in [-0.25, -0.2) is 9.80 Å². The SMILES string of the molecule is CCCCN(CC(OC(=O)C(C)(C)C)C(Cc1ccccc1)NC(=O)[C@@H](NC(=O)OCc1ccccc1)C(C)C)NC(=O)[C@H](C(=O)NCCN1CCOCC1)C(C)C. The number of carbonyl (C=O) groups excluding carboxylic acids is 5. The molecule has 0 bridgehead atoms. The zero-order valence-electron chi connectivity index (χ0n) is 35.9. The van der Waals surface area contributed by atoms with Crippen molar-refractivity contribution in [2.75, 3.05) is 52.5 Å². The van der Waals surface area contributed by atoms with Gasteiger partial charge < -0.3 is 30.2 Å². The van der Waals surface area contributed by atoms with Gasteiger partial charge in [0.1, 0.15) is 24.7 Å². The van der Waals surface area contributed by atoms with E-state index in [1.807, 2.05) is 95.3 Å². The molecular weight excluding hydrogens is 741 g/mol. The summed E-state index contributed by atoms with van der Waals surface area (Å²) in [7, 11) is 0. The van der Waals surface area contributed by atoms with Crippen LogP contribution < -0.4 is 21.4 Å². The fraction of sp³-hybridized carbons (Fsp3) is 0.614. The minimum atomic E-state index is -0.983. The van der Waals surface area contributed by atoms with Crippen LogP contribution in [0, 0.1) is 23.2 Å². The summed E-state index contributed by atoms with van der Waals surface area (Å²) < 4.78 is 17.1. The molecule has 1 saturated heterocycles. The molecule has 58 heavy (non-hydrogen) atoms. The van der Waals surface area contributed by atoms with Gasteiger partial charge in [-0.2, -0.15) is 0 Å². The van der Waals surface area contributed by atoms with Gasteiger partial charge in [0.25, 0.3) is 0 Å². The highest BCUT2D eigenvalue weighted by Gasteiger charge is 2.37. The van der Waals surface area contributed by atoms with Crippen molar-refractivity contribution in [3.05, 3.63) is 71.8 Å². The third-order valence-corrected chi connectivity index (χ3v) is 9.89. The minimum absolute atomic E-state index is 0.00764. The molecule has 2 unspecified atom stereocenters. The molecule has 0 aliphatic carbocycles. The maximum absolute atomic E-state index is 14.2. The van der Waals surface area contributed by atoms with Crippen molar-refractivity contribution < 1.29 is 38.2 Å². The van der Waals surface area contributed by atoms with E-state index in [0.717, 1.165) is 30.6 Å². The van der Waals surface area contributed by atoms with Crippen LogP contribution in [0.25, 0.3) is 0 Å². The molecule has 14 heteroatoms. The smallest absolute Gasteiger partial charge is 0.408 e. The predicted octanol–water partition coefficient (Wildman–Crippen LogP) is 4.48. The molecule has 3 rings (SSSR count). The Labute approximate surface area is 345 Å². The van der Waals surface area contributed by atoms with E-state index in [4.69, 9.17) is 14.2 Å². The number of amides is 4. The number of esters is 1. The normalized spacial score (nSPS) is 15.6. The van der Waals surface area contributed by atoms with E-state index in [1.165, 1.54) is 0 Å². The van der Waals surface area contributed by atoms with Crippen LogP contribution in [0.4, 0.5) is 4.79 Å². The van der Waals surface area contributed by atoms with Crippen molar-refractivity contribution in [1.29, 1.82) is 0 Å². The number of nitrogens with one attached hydrogen (secondary N) is 4. The lowest BCUT2D eigenvalue weighted by atomic mass is 9.94. The highest BCUT2D eigenvalue weighted by atomic mass is 16.6. The lowest BCUT2D eigenvalue weighted by Crippen LogP contribution is -2.59. The Balaban J connectivity index is 1.88. The van der Waals surface area contributed by atoms with Gasteiger partial charge in [-0.1, -0.05) is 102 Å². The third-order valence-electron chi connectivity index (χ3n) is 9.89. The van der Waals surface area contributed by atoms with E-state index in [2.05, 4.69) is 26.3 Å². The molecular formula is C44H68N6O8. The summed E-state index contributed by atoms with van der Waals surface area (Å²) in [6.45, 7) is 18.9. The Morgan fingerprint density at radius 1 is 0.828 bits per heavy atom. The average molecular weight is 809 g/mol. The molecule has 0 radical (unpaired) electrons. The fourth-order valence-corrected chi connectivity index (χ4v) is 6.38. The minimum Gasteiger partial charge on any atom is -0.458 e. The zero-order chi connectivity index (χ0) is 42.7. The standard InChI is InChI=1S/C44H68N6O8/c1-9-10-22-50(48-40(52)37(31(2)3)39(51)45-21-23-49-24-26-56-27-25-49)29-36(58-42(54)44(6,7)8)35(28-33-17-13-11-14-18-33)46-41(53)38(32(4)5)47-43(55)57-30-34-19-15-12-16-20-34/h11-20,31-32,35-38H,9-10,21-30H2,1-8H3,(H,45,51)(H,46,53)(H,47,55)(H,48,52)/t35?,36?,37-,38-/m0/s1. The lowest BCUT2D eigenvalue weighted by molar-refractivity contribution is -0.162. The maximum Gasteiger partial charge on any atom is 0.408 e. The molecule has 1 heterocycles. The molecule has 1 aliphatic rings. The van der Waals surface area contributed by atoms with E-state index in [-0.39, 0.29) is 37.3 Å². The molecule has 4 atom stereocenters. The Hall–Kier alpha value is -4.53. The Bertz CT molecular complexity index is 1560. The highest BCUT2D eigenvalue weighted by molar-refractivity contribution is 6.00. The van der Waals surface area contributed by atoms with Crippen LogP contribution in [-0.2, 0) is 46.4 Å². The number of rotatable bonds is 22. The number of alkyl carbamates (subject to hydrolysis) is 1. The fourth-order valence-electron chi connectivity index (χ4n) is 6.38. The summed E-state index contributed by atoms with van der Waals surface area (Å²) in [5, 5.41) is 10.5. The average Bonchev–Trinajstić information content (AvgIpc) is 3.18. The summed E-state index contributed by atoms with van der Waals surface area (Å²) in [5.74, 6) is -3.44. The Morgan fingerprint density at radius 2 is 1.45 bits per heavy atom. The molecule has 322 valence electrons. The van der Waals surface area contributed by atoms with Gasteiger partial charge in [0.15, 0.2) is 0 Å². The number of hydrazine groups is 1. The molecule has 0 saturated carbocycles. The summed E-state index contributed by atoms with van der Waals surface area (Å²) in [6, 6.07) is 17.0. The quantitative estimate of drug-likeness (QED) is 0.0757. The maximum atomic E-state index is 14.2. The molecule has 0 spiro atoms. The van der Waals surface area contributed by atoms with Crippen LogP contribution in [0.2, 0.25) is 0 Å². The van der Waals surface area contributed by atoms with Gasteiger partial charge in [0.05, 0.1) is 31.2 Å². The van der Waals surface area contributed by atoms with Gasteiger partial charge in [-0.15, -0.1) is 0 Å². The first-order chi connectivity index (χ1) is 27.6. The molecule has 14 nitrogen and oxygen atoms in total. The first-order valence-electron chi connectivity index (χ1n) is 20.7. The molecule has 4 N–H and O–H groups in total. The Kier molecular flexibility index (Phi) is 20.1. The number of carbonyl (C=O) groups is 5. The van der Waals surface area contributed by atoms with Gasteiger partial charge in [-0.05, 0) is 56.6 Å². The monoisotopic (exact) mass is 809 g/mol. The number of unbranched alkanes of at least 4 members (excludes halogenated alkanes) is 1. The number of morpholine rings is 1. The van der Waals surface area contributed by atoms with Gasteiger partial charge in [-0.3, -0.25) is 29.5 Å². The van der Waals surface area contributed by atoms with Crippen molar-refractivity contribution >= 4 is 29.8 Å². The largest absolute Gasteiger partial charge is 0.458 e. The van der Waals surface area contributed by atoms with Crippen LogP contribution in [0.15, 0.2) is 60.7 Å². The molecule has 1 fully saturated rings. The first kappa shape index (κ1) is 47.8. The van der Waals surface area contributed by atoms with Crippen LogP contribution in [0.5, 0.6) is 0 Å². The second kappa shape index (κ2) is 24.4. The van der Waals surface area contributed by atoms with Gasteiger partial charge in [0, 0.05) is 32.7 Å². The number of ether oxygens (including phenoxy) is 3. The number of benzene rings is 2. The van der Waals surface area contributed by atoms with E-state index in [1.54, 1.807) is 25.8 Å². The van der Waals surface area contributed by atoms with Crippen LogP contribution >= 0.6 is 0 Å². The van der Waals surface area contributed by atoms with Crippen molar-refractivity contribution in [3.8, 4) is 0 Å². The molecule has 0 aromatic heterocycles. The summed E-state index contributed by atoms with van der Waals surface area (Å²) in [6.07, 6.45) is 0.0596. The van der Waals surface area contributed by atoms with E-state index < -0.39 is 53.4 Å². The predicted molar refractivity (Wildman–Crippen MR) is 223 cm³/mol. The van der Waals surface area contributed by atoms with Gasteiger partial charge >= 0.3 is 12.1 Å². The summed E-state index contributed by atoms with van der Waals surface area (Å²) >= 11 is 0. The molecule has 2 aromatic rings. The van der Waals surface area contributed by atoms with Crippen molar-refractivity contribution in [2.45, 2.75) is 99.4 Å². The highest BCUT2D eigenvalue weighted by Crippen LogP contribution is 2.21. The summed E-state index contributed by atoms with van der Waals surface area (Å²) in [4.78, 5) is 70.5. The number of nitrogens with zero attached hydrogens (tertiary/aromatic N) is 2. The van der Waals surface area contributed by atoms with E-state index in [9.17, 15) is 24.0 Å².